The van der Waals surface area contributed by atoms with E-state index in [-0.39, 0.29) is 6.61 Å². The van der Waals surface area contributed by atoms with Gasteiger partial charge in [-0.2, -0.15) is 0 Å². The normalized spacial score (nSPS) is 12.9. The number of aliphatic hydroxyl groups is 1. The van der Waals surface area contributed by atoms with Gasteiger partial charge in [0.2, 0.25) is 0 Å². The van der Waals surface area contributed by atoms with Gasteiger partial charge in [-0.3, -0.25) is 0 Å². The fourth-order valence-corrected chi connectivity index (χ4v) is 2.41. The van der Waals surface area contributed by atoms with Crippen LogP contribution in [0.2, 0.25) is 0 Å². The first-order valence-corrected chi connectivity index (χ1v) is 8.71. The van der Waals surface area contributed by atoms with E-state index in [1.54, 1.807) is 0 Å². The molecule has 0 aliphatic rings. The standard InChI is InChI=1S/C5H14NO.Mo.H3O4P.3O/c1-6(2,3)4-5-7;;1-5(2,3)4;;;/h7H,4-5H2,1-3H3;;(H3,1,2,3,4);;;/q2*+1;;;;-1/p-1. The zero-order valence-electron chi connectivity index (χ0n) is 9.10. The molecule has 0 bridgehead atoms. The van der Waals surface area contributed by atoms with Crippen LogP contribution in [-0.4, -0.2) is 53.7 Å². The molecule has 0 fully saturated rings. The van der Waals surface area contributed by atoms with E-state index in [4.69, 9.17) is 14.9 Å². The molecule has 3 N–H and O–H groups in total. The molecule has 0 radical (unpaired) electrons. The topological polar surface area (TPSA) is 144 Å². The van der Waals surface area contributed by atoms with Crippen LogP contribution in [0.25, 0.3) is 0 Å². The van der Waals surface area contributed by atoms with Crippen molar-refractivity contribution in [2.75, 3.05) is 34.3 Å². The molecule has 0 heterocycles. The van der Waals surface area contributed by atoms with Crippen LogP contribution < -0.4 is 3.76 Å². The number of hydrogen-bond donors (Lipinski definition) is 3. The Morgan fingerprint density at radius 1 is 1.31 bits per heavy atom. The molecule has 0 spiro atoms. The molecule has 0 rings (SSSR count). The molecule has 0 aromatic carbocycles. The number of aliphatic hydroxyl groups excluding tert-OH is 1. The van der Waals surface area contributed by atoms with Crippen LogP contribution in [0.3, 0.4) is 0 Å². The van der Waals surface area contributed by atoms with E-state index >= 15 is 0 Å². The van der Waals surface area contributed by atoms with Crippen molar-refractivity contribution in [2.45, 2.75) is 0 Å². The van der Waals surface area contributed by atoms with E-state index in [1.807, 2.05) is 0 Å². The van der Waals surface area contributed by atoms with Crippen molar-refractivity contribution in [3.8, 4) is 0 Å². The van der Waals surface area contributed by atoms with Gasteiger partial charge in [0.05, 0.1) is 27.7 Å². The third-order valence-corrected chi connectivity index (χ3v) is 4.11. The molecule has 0 aliphatic carbocycles. The zero-order chi connectivity index (χ0) is 13.6. The summed E-state index contributed by atoms with van der Waals surface area (Å²) in [7, 11) is 1.02. The number of likely N-dealkylation sites (N-methyl/N-ethyl adjacent to an activating group) is 1. The molecule has 0 saturated heterocycles. The molecule has 0 atom stereocenters. The van der Waals surface area contributed by atoms with Gasteiger partial charge in [-0.25, -0.2) is 0 Å². The second-order valence-corrected chi connectivity index (χ2v) is 7.95. The Morgan fingerprint density at radius 2 is 1.69 bits per heavy atom. The molecular weight excluding hydrogens is 329 g/mol. The molecule has 0 aliphatic heterocycles. The second kappa shape index (κ2) is 6.88. The van der Waals surface area contributed by atoms with Crippen molar-refractivity contribution < 1.29 is 54.4 Å². The fourth-order valence-electron chi connectivity index (χ4n) is 0.419. The Bertz CT molecular complexity index is 327. The van der Waals surface area contributed by atoms with E-state index < -0.39 is 24.6 Å². The maximum atomic E-state index is 9.57. The number of rotatable bonds is 4. The quantitative estimate of drug-likeness (QED) is 0.296. The number of quaternary nitrogens is 1. The molecule has 11 heteroatoms. The summed E-state index contributed by atoms with van der Waals surface area (Å²) in [6, 6.07) is 0. The monoisotopic (exact) mass is 347 g/mol. The van der Waals surface area contributed by atoms with Gasteiger partial charge in [0.25, 0.3) is 0 Å². The van der Waals surface area contributed by atoms with Crippen LogP contribution in [0, 0.1) is 0 Å². The van der Waals surface area contributed by atoms with Crippen LogP contribution in [-0.2, 0) is 31.3 Å². The summed E-state index contributed by atoms with van der Waals surface area (Å²) < 4.78 is 41.7. The van der Waals surface area contributed by atoms with Crippen molar-refractivity contribution in [2.24, 2.45) is 0 Å². The summed E-state index contributed by atoms with van der Waals surface area (Å²) in [5, 5.41) is 8.39. The van der Waals surface area contributed by atoms with Gasteiger partial charge in [-0.1, -0.05) is 0 Å². The summed E-state index contributed by atoms with van der Waals surface area (Å²) in [5.74, 6) is 0. The third kappa shape index (κ3) is 23.8. The average Bonchev–Trinajstić information content (AvgIpc) is 1.73. The van der Waals surface area contributed by atoms with Crippen LogP contribution in [0.15, 0.2) is 0 Å². The van der Waals surface area contributed by atoms with Gasteiger partial charge in [-0.05, 0) is 0 Å². The van der Waals surface area contributed by atoms with Gasteiger partial charge in [0.15, 0.2) is 0 Å². The van der Waals surface area contributed by atoms with Crippen LogP contribution >= 0.6 is 7.82 Å². The summed E-state index contributed by atoms with van der Waals surface area (Å²) in [5.41, 5.74) is 0. The zero-order valence-corrected chi connectivity index (χ0v) is 12.0. The first-order chi connectivity index (χ1) is 6.77. The summed E-state index contributed by atoms with van der Waals surface area (Å²) in [6.07, 6.45) is 0. The van der Waals surface area contributed by atoms with Crippen molar-refractivity contribution >= 4 is 7.82 Å². The van der Waals surface area contributed by atoms with Gasteiger partial charge in [0, 0.05) is 0 Å². The van der Waals surface area contributed by atoms with Crippen LogP contribution in [0.1, 0.15) is 0 Å². The van der Waals surface area contributed by atoms with Gasteiger partial charge in [-0.15, -0.1) is 0 Å². The van der Waals surface area contributed by atoms with E-state index in [0.717, 1.165) is 11.0 Å². The summed E-state index contributed by atoms with van der Waals surface area (Å²) >= 11 is -6.28. The number of nitrogens with zero attached hydrogens (tertiary/aromatic N) is 1. The van der Waals surface area contributed by atoms with Crippen molar-refractivity contribution in [1.82, 2.24) is 0 Å². The fraction of sp³-hybridized carbons (Fsp3) is 1.00. The van der Waals surface area contributed by atoms with E-state index in [9.17, 15) is 15.1 Å². The Hall–Kier alpha value is 0.278. The molecule has 100 valence electrons. The first-order valence-electron chi connectivity index (χ1n) is 3.91. The average molecular weight is 345 g/mol. The Labute approximate surface area is 96.8 Å². The van der Waals surface area contributed by atoms with Crippen molar-refractivity contribution in [3.63, 3.8) is 0 Å². The maximum absolute atomic E-state index is 9.57. The molecule has 0 unspecified atom stereocenters. The number of hydrogen-bond acceptors (Lipinski definition) is 6. The second-order valence-electron chi connectivity index (χ2n) is 3.71. The summed E-state index contributed by atoms with van der Waals surface area (Å²) in [6.45, 7) is 1.11. The molecule has 0 aromatic rings. The van der Waals surface area contributed by atoms with E-state index in [1.165, 1.54) is 0 Å². The Morgan fingerprint density at radius 3 is 1.69 bits per heavy atom. The molecule has 0 amide bonds. The van der Waals surface area contributed by atoms with Crippen LogP contribution in [0.5, 0.6) is 0 Å². The van der Waals surface area contributed by atoms with Crippen LogP contribution in [0.4, 0.5) is 0 Å². The first kappa shape index (κ1) is 18.6. The minimum atomic E-state index is -6.28. The van der Waals surface area contributed by atoms with Crippen molar-refractivity contribution in [1.29, 1.82) is 0 Å². The predicted octanol–water partition coefficient (Wildman–Crippen LogP) is -2.18. The summed E-state index contributed by atoms with van der Waals surface area (Å²) in [4.78, 5) is 15.4. The predicted molar refractivity (Wildman–Crippen MR) is 44.5 cm³/mol. The Kier molecular flexibility index (Phi) is 8.01. The molecule has 0 aromatic heterocycles. The molecule has 9 nitrogen and oxygen atoms in total. The molecule has 16 heavy (non-hydrogen) atoms. The number of phosphoric acid groups is 1. The van der Waals surface area contributed by atoms with E-state index in [0.29, 0.717) is 0 Å². The van der Waals surface area contributed by atoms with E-state index in [2.05, 4.69) is 24.3 Å². The van der Waals surface area contributed by atoms with Gasteiger partial charge < -0.3 is 9.59 Å². The SMILES string of the molecule is C[N+](C)(C)CCO.O=P(O)(O)[O][Mo](=[O])(=[O])[O-]. The molecule has 0 saturated carbocycles. The molecular formula is C5H16MoNO8P. The van der Waals surface area contributed by atoms with Crippen molar-refractivity contribution in [3.05, 3.63) is 0 Å². The third-order valence-electron chi connectivity index (χ3n) is 0.959. The van der Waals surface area contributed by atoms with Gasteiger partial charge >= 0.3 is 52.7 Å². The van der Waals surface area contributed by atoms with Gasteiger partial charge in [0.1, 0.15) is 6.54 Å². The minimum absolute atomic E-state index is 0.281. The Balaban J connectivity index is 0.